The molecule has 0 bridgehead atoms. The van der Waals surface area contributed by atoms with Crippen molar-refractivity contribution >= 4 is 0 Å². The molecule has 15 heavy (non-hydrogen) atoms. The monoisotopic (exact) mass is 214 g/mol. The highest BCUT2D eigenvalue weighted by atomic mass is 16.7. The third-order valence-electron chi connectivity index (χ3n) is 3.69. The summed E-state index contributed by atoms with van der Waals surface area (Å²) in [5.74, 6) is -0.320. The van der Waals surface area contributed by atoms with E-state index in [1.165, 1.54) is 25.8 Å². The number of hydrogen-bond donors (Lipinski definition) is 1. The molecule has 2 fully saturated rings. The first kappa shape index (κ1) is 11.3. The van der Waals surface area contributed by atoms with Crippen molar-refractivity contribution in [2.45, 2.75) is 31.1 Å². The van der Waals surface area contributed by atoms with Crippen LogP contribution in [0.2, 0.25) is 0 Å². The van der Waals surface area contributed by atoms with Gasteiger partial charge in [0, 0.05) is 20.3 Å². The van der Waals surface area contributed by atoms with Gasteiger partial charge in [0.15, 0.2) is 5.79 Å². The fraction of sp³-hybridized carbons (Fsp3) is 1.00. The first-order valence-corrected chi connectivity index (χ1v) is 5.85. The molecule has 0 aromatic rings. The summed E-state index contributed by atoms with van der Waals surface area (Å²) in [6.07, 6.45) is 3.84. The van der Waals surface area contributed by atoms with Crippen molar-refractivity contribution in [3.63, 3.8) is 0 Å². The van der Waals surface area contributed by atoms with Crippen molar-refractivity contribution in [2.24, 2.45) is 0 Å². The summed E-state index contributed by atoms with van der Waals surface area (Å²) in [6.45, 7) is 4.16. The van der Waals surface area contributed by atoms with Gasteiger partial charge in [0.25, 0.3) is 0 Å². The van der Waals surface area contributed by atoms with E-state index in [1.807, 2.05) is 0 Å². The molecule has 4 nitrogen and oxygen atoms in total. The standard InChI is InChI=1S/C11H22N2O2/c1-14-11(15-2)8-13(9-11)10-4-3-6-12-7-5-10/h10,12H,3-9H2,1-2H3. The Bertz CT molecular complexity index is 191. The second-order valence-electron chi connectivity index (χ2n) is 4.56. The average molecular weight is 214 g/mol. The topological polar surface area (TPSA) is 33.7 Å². The zero-order chi connectivity index (χ0) is 10.7. The molecule has 4 heteroatoms. The molecule has 0 aliphatic carbocycles. The number of rotatable bonds is 3. The van der Waals surface area contributed by atoms with Gasteiger partial charge in [-0.1, -0.05) is 0 Å². The molecule has 1 unspecified atom stereocenters. The Morgan fingerprint density at radius 3 is 2.53 bits per heavy atom. The fourth-order valence-electron chi connectivity index (χ4n) is 2.54. The highest BCUT2D eigenvalue weighted by Crippen LogP contribution is 2.29. The van der Waals surface area contributed by atoms with E-state index < -0.39 is 0 Å². The maximum absolute atomic E-state index is 5.40. The Morgan fingerprint density at radius 1 is 1.13 bits per heavy atom. The van der Waals surface area contributed by atoms with Crippen LogP contribution in [0.4, 0.5) is 0 Å². The zero-order valence-corrected chi connectivity index (χ0v) is 9.79. The molecule has 1 atom stereocenters. The third kappa shape index (κ3) is 2.33. The van der Waals surface area contributed by atoms with Crippen LogP contribution in [0, 0.1) is 0 Å². The SMILES string of the molecule is COC1(OC)CN(C2CCCNCC2)C1. The maximum Gasteiger partial charge on any atom is 0.193 e. The Morgan fingerprint density at radius 2 is 1.87 bits per heavy atom. The Kier molecular flexibility index (Phi) is 3.61. The van der Waals surface area contributed by atoms with Crippen molar-refractivity contribution < 1.29 is 9.47 Å². The maximum atomic E-state index is 5.40. The smallest absolute Gasteiger partial charge is 0.193 e. The highest BCUT2D eigenvalue weighted by molar-refractivity contribution is 4.93. The Labute approximate surface area is 91.9 Å². The van der Waals surface area contributed by atoms with E-state index in [2.05, 4.69) is 10.2 Å². The number of ether oxygens (including phenoxy) is 2. The molecular formula is C11H22N2O2. The van der Waals surface area contributed by atoms with Crippen LogP contribution < -0.4 is 5.32 Å². The van der Waals surface area contributed by atoms with Crippen LogP contribution in [-0.4, -0.2) is 57.1 Å². The lowest BCUT2D eigenvalue weighted by Gasteiger charge is -2.50. The lowest BCUT2D eigenvalue weighted by atomic mass is 9.99. The quantitative estimate of drug-likeness (QED) is 0.691. The van der Waals surface area contributed by atoms with E-state index in [0.29, 0.717) is 0 Å². The molecule has 2 aliphatic heterocycles. The zero-order valence-electron chi connectivity index (χ0n) is 9.79. The molecule has 0 aromatic heterocycles. The summed E-state index contributed by atoms with van der Waals surface area (Å²) in [5.41, 5.74) is 0. The number of methoxy groups -OCH3 is 2. The van der Waals surface area contributed by atoms with Crippen LogP contribution in [0.15, 0.2) is 0 Å². The van der Waals surface area contributed by atoms with Gasteiger partial charge in [-0.2, -0.15) is 0 Å². The van der Waals surface area contributed by atoms with Gasteiger partial charge >= 0.3 is 0 Å². The molecule has 0 radical (unpaired) electrons. The van der Waals surface area contributed by atoms with Crippen LogP contribution in [0.1, 0.15) is 19.3 Å². The van der Waals surface area contributed by atoms with Crippen molar-refractivity contribution in [3.05, 3.63) is 0 Å². The molecular weight excluding hydrogens is 192 g/mol. The largest absolute Gasteiger partial charge is 0.351 e. The van der Waals surface area contributed by atoms with Crippen molar-refractivity contribution in [2.75, 3.05) is 40.4 Å². The predicted octanol–water partition coefficient (Wildman–Crippen LogP) is 0.433. The van der Waals surface area contributed by atoms with Gasteiger partial charge in [-0.15, -0.1) is 0 Å². The van der Waals surface area contributed by atoms with E-state index in [0.717, 1.165) is 25.7 Å². The number of hydrogen-bond acceptors (Lipinski definition) is 4. The minimum Gasteiger partial charge on any atom is -0.351 e. The third-order valence-corrected chi connectivity index (χ3v) is 3.69. The molecule has 2 saturated heterocycles. The minimum absolute atomic E-state index is 0.320. The first-order chi connectivity index (χ1) is 7.29. The lowest BCUT2D eigenvalue weighted by molar-refractivity contribution is -0.282. The first-order valence-electron chi connectivity index (χ1n) is 5.85. The van der Waals surface area contributed by atoms with Gasteiger partial charge in [-0.25, -0.2) is 0 Å². The number of nitrogens with zero attached hydrogens (tertiary/aromatic N) is 1. The van der Waals surface area contributed by atoms with Crippen LogP contribution in [0.25, 0.3) is 0 Å². The van der Waals surface area contributed by atoms with Gasteiger partial charge in [-0.05, 0) is 32.4 Å². The molecule has 2 aliphatic rings. The molecule has 0 saturated carbocycles. The van der Waals surface area contributed by atoms with Gasteiger partial charge in [0.1, 0.15) is 0 Å². The molecule has 0 spiro atoms. The summed E-state index contributed by atoms with van der Waals surface area (Å²) in [4.78, 5) is 2.49. The van der Waals surface area contributed by atoms with Crippen molar-refractivity contribution in [1.82, 2.24) is 10.2 Å². The fourth-order valence-corrected chi connectivity index (χ4v) is 2.54. The van der Waals surface area contributed by atoms with Gasteiger partial charge in [0.05, 0.1) is 13.1 Å². The second kappa shape index (κ2) is 4.78. The average Bonchev–Trinajstić information content (AvgIpc) is 2.47. The molecule has 2 rings (SSSR count). The molecule has 0 amide bonds. The highest BCUT2D eigenvalue weighted by Gasteiger charge is 2.46. The molecule has 1 N–H and O–H groups in total. The van der Waals surface area contributed by atoms with E-state index >= 15 is 0 Å². The van der Waals surface area contributed by atoms with Gasteiger partial charge in [0.2, 0.25) is 0 Å². The summed E-state index contributed by atoms with van der Waals surface area (Å²) < 4.78 is 10.8. The predicted molar refractivity (Wildman–Crippen MR) is 58.8 cm³/mol. The lowest BCUT2D eigenvalue weighted by Crippen LogP contribution is -2.66. The molecule has 0 aromatic carbocycles. The van der Waals surface area contributed by atoms with Gasteiger partial charge < -0.3 is 14.8 Å². The normalized spacial score (nSPS) is 32.0. The van der Waals surface area contributed by atoms with E-state index in [4.69, 9.17) is 9.47 Å². The van der Waals surface area contributed by atoms with Crippen LogP contribution in [-0.2, 0) is 9.47 Å². The van der Waals surface area contributed by atoms with Crippen LogP contribution in [0.5, 0.6) is 0 Å². The van der Waals surface area contributed by atoms with Crippen LogP contribution in [0.3, 0.4) is 0 Å². The van der Waals surface area contributed by atoms with Gasteiger partial charge in [-0.3, -0.25) is 4.90 Å². The van der Waals surface area contributed by atoms with Crippen molar-refractivity contribution in [1.29, 1.82) is 0 Å². The van der Waals surface area contributed by atoms with E-state index in [1.54, 1.807) is 14.2 Å². The van der Waals surface area contributed by atoms with Crippen molar-refractivity contribution in [3.8, 4) is 0 Å². The summed E-state index contributed by atoms with van der Waals surface area (Å²) >= 11 is 0. The molecule has 88 valence electrons. The Hall–Kier alpha value is -0.160. The second-order valence-corrected chi connectivity index (χ2v) is 4.56. The number of likely N-dealkylation sites (tertiary alicyclic amines) is 1. The van der Waals surface area contributed by atoms with Crippen LogP contribution >= 0.6 is 0 Å². The number of nitrogens with one attached hydrogen (secondary N) is 1. The minimum atomic E-state index is -0.320. The van der Waals surface area contributed by atoms with E-state index in [-0.39, 0.29) is 5.79 Å². The summed E-state index contributed by atoms with van der Waals surface area (Å²) in [7, 11) is 3.46. The summed E-state index contributed by atoms with van der Waals surface area (Å²) in [6, 6.07) is 0.721. The summed E-state index contributed by atoms with van der Waals surface area (Å²) in [5, 5.41) is 3.44. The Balaban J connectivity index is 1.81. The molecule has 2 heterocycles. The van der Waals surface area contributed by atoms with E-state index in [9.17, 15) is 0 Å².